The van der Waals surface area contributed by atoms with Gasteiger partial charge in [-0.15, -0.1) is 0 Å². The fraction of sp³-hybridized carbons (Fsp3) is 0.529. The first-order chi connectivity index (χ1) is 12.4. The van der Waals surface area contributed by atoms with Crippen LogP contribution in [-0.4, -0.2) is 41.1 Å². The molecule has 1 aliphatic heterocycles. The molecule has 1 aliphatic rings. The number of ether oxygens (including phenoxy) is 1. The van der Waals surface area contributed by atoms with Crippen LogP contribution >= 0.6 is 0 Å². The van der Waals surface area contributed by atoms with E-state index in [0.717, 1.165) is 29.4 Å². The SMILES string of the molecule is CCn1ncc2c(NC3CCOCC3)c(CNC(=O)C(F)(F)F)ccc21. The third-order valence-electron chi connectivity index (χ3n) is 4.48. The van der Waals surface area contributed by atoms with Crippen LogP contribution in [0.1, 0.15) is 25.3 Å². The van der Waals surface area contributed by atoms with Gasteiger partial charge in [0.1, 0.15) is 0 Å². The van der Waals surface area contributed by atoms with Gasteiger partial charge in [-0.2, -0.15) is 18.3 Å². The highest BCUT2D eigenvalue weighted by atomic mass is 19.4. The highest BCUT2D eigenvalue weighted by molar-refractivity contribution is 5.93. The van der Waals surface area contributed by atoms with Crippen molar-refractivity contribution in [2.75, 3.05) is 18.5 Å². The van der Waals surface area contributed by atoms with Crippen molar-refractivity contribution < 1.29 is 22.7 Å². The molecule has 1 fully saturated rings. The zero-order valence-electron chi connectivity index (χ0n) is 14.4. The van der Waals surface area contributed by atoms with Crippen LogP contribution in [0.5, 0.6) is 0 Å². The standard InChI is InChI=1S/C17H21F3N4O2/c1-2-24-14-4-3-11(9-21-16(25)17(18,19)20)15(13(14)10-22-24)23-12-5-7-26-8-6-12/h3-4,10,12,23H,2,5-9H2,1H3,(H,21,25). The van der Waals surface area contributed by atoms with E-state index < -0.39 is 12.1 Å². The number of alkyl halides is 3. The molecule has 142 valence electrons. The number of hydrogen-bond acceptors (Lipinski definition) is 4. The van der Waals surface area contributed by atoms with Crippen molar-refractivity contribution in [2.24, 2.45) is 0 Å². The quantitative estimate of drug-likeness (QED) is 0.849. The third kappa shape index (κ3) is 3.92. The summed E-state index contributed by atoms with van der Waals surface area (Å²) in [7, 11) is 0. The van der Waals surface area contributed by atoms with Crippen LogP contribution in [0.15, 0.2) is 18.3 Å². The number of rotatable bonds is 5. The predicted molar refractivity (Wildman–Crippen MR) is 90.8 cm³/mol. The summed E-state index contributed by atoms with van der Waals surface area (Å²) in [6.07, 6.45) is -1.57. The van der Waals surface area contributed by atoms with E-state index in [1.807, 2.05) is 23.0 Å². The Morgan fingerprint density at radius 3 is 2.73 bits per heavy atom. The van der Waals surface area contributed by atoms with E-state index in [1.54, 1.807) is 12.3 Å². The molecule has 1 saturated heterocycles. The van der Waals surface area contributed by atoms with Crippen molar-refractivity contribution in [1.29, 1.82) is 0 Å². The second-order valence-electron chi connectivity index (χ2n) is 6.20. The molecule has 0 bridgehead atoms. The summed E-state index contributed by atoms with van der Waals surface area (Å²) < 4.78 is 44.6. The number of nitrogens with zero attached hydrogens (tertiary/aromatic N) is 2. The monoisotopic (exact) mass is 370 g/mol. The summed E-state index contributed by atoms with van der Waals surface area (Å²) in [6.45, 7) is 3.72. The minimum absolute atomic E-state index is 0.163. The molecular formula is C17H21F3N4O2. The van der Waals surface area contributed by atoms with Crippen molar-refractivity contribution in [2.45, 2.75) is 45.1 Å². The van der Waals surface area contributed by atoms with Crippen molar-refractivity contribution >= 4 is 22.5 Å². The van der Waals surface area contributed by atoms with Gasteiger partial charge in [0.25, 0.3) is 0 Å². The van der Waals surface area contributed by atoms with Crippen LogP contribution < -0.4 is 10.6 Å². The lowest BCUT2D eigenvalue weighted by molar-refractivity contribution is -0.173. The minimum atomic E-state index is -4.90. The largest absolute Gasteiger partial charge is 0.471 e. The Hall–Kier alpha value is -2.29. The number of aryl methyl sites for hydroxylation is 1. The summed E-state index contributed by atoms with van der Waals surface area (Å²) in [5.41, 5.74) is 2.21. The van der Waals surface area contributed by atoms with E-state index in [-0.39, 0.29) is 12.6 Å². The zero-order valence-corrected chi connectivity index (χ0v) is 14.4. The molecule has 26 heavy (non-hydrogen) atoms. The van der Waals surface area contributed by atoms with Gasteiger partial charge in [-0.05, 0) is 31.4 Å². The first-order valence-electron chi connectivity index (χ1n) is 8.57. The number of aromatic nitrogens is 2. The van der Waals surface area contributed by atoms with Gasteiger partial charge < -0.3 is 15.4 Å². The number of benzene rings is 1. The first kappa shape index (κ1) is 18.5. The summed E-state index contributed by atoms with van der Waals surface area (Å²) in [6, 6.07) is 3.71. The molecule has 1 aromatic heterocycles. The summed E-state index contributed by atoms with van der Waals surface area (Å²) in [5.74, 6) is -1.95. The van der Waals surface area contributed by atoms with E-state index in [2.05, 4.69) is 10.4 Å². The maximum atomic E-state index is 12.5. The molecule has 1 aromatic carbocycles. The number of nitrogens with one attached hydrogen (secondary N) is 2. The molecule has 0 aliphatic carbocycles. The number of carbonyl (C=O) groups excluding carboxylic acids is 1. The number of hydrogen-bond donors (Lipinski definition) is 2. The number of halogens is 3. The Labute approximate surface area is 148 Å². The van der Waals surface area contributed by atoms with Crippen LogP contribution in [0.25, 0.3) is 10.9 Å². The summed E-state index contributed by atoms with van der Waals surface area (Å²) in [4.78, 5) is 11.2. The van der Waals surface area contributed by atoms with Gasteiger partial charge in [0.2, 0.25) is 0 Å². The predicted octanol–water partition coefficient (Wildman–Crippen LogP) is 2.83. The van der Waals surface area contributed by atoms with Crippen LogP contribution in [0.3, 0.4) is 0 Å². The Bertz CT molecular complexity index is 782. The molecule has 1 amide bonds. The van der Waals surface area contributed by atoms with Gasteiger partial charge in [-0.3, -0.25) is 9.48 Å². The Morgan fingerprint density at radius 1 is 1.35 bits per heavy atom. The molecule has 6 nitrogen and oxygen atoms in total. The van der Waals surface area contributed by atoms with Gasteiger partial charge in [0.05, 0.1) is 17.4 Å². The van der Waals surface area contributed by atoms with Crippen molar-refractivity contribution in [3.05, 3.63) is 23.9 Å². The first-order valence-corrected chi connectivity index (χ1v) is 8.57. The summed E-state index contributed by atoms with van der Waals surface area (Å²) >= 11 is 0. The maximum Gasteiger partial charge on any atom is 0.471 e. The Kier molecular flexibility index (Phi) is 5.36. The van der Waals surface area contributed by atoms with E-state index in [1.165, 1.54) is 0 Å². The minimum Gasteiger partial charge on any atom is -0.381 e. The van der Waals surface area contributed by atoms with Gasteiger partial charge in [-0.25, -0.2) is 0 Å². The molecule has 2 aromatic rings. The smallest absolute Gasteiger partial charge is 0.381 e. The van der Waals surface area contributed by atoms with Crippen LogP contribution in [0, 0.1) is 0 Å². The molecule has 3 rings (SSSR count). The Morgan fingerprint density at radius 2 is 2.08 bits per heavy atom. The van der Waals surface area contributed by atoms with E-state index in [0.29, 0.717) is 25.3 Å². The molecule has 0 spiro atoms. The lowest BCUT2D eigenvalue weighted by Crippen LogP contribution is -2.36. The number of amides is 1. The van der Waals surface area contributed by atoms with Crippen LogP contribution in [0.4, 0.5) is 18.9 Å². The van der Waals surface area contributed by atoms with Gasteiger partial charge in [0, 0.05) is 37.7 Å². The van der Waals surface area contributed by atoms with Gasteiger partial charge in [-0.1, -0.05) is 6.07 Å². The molecular weight excluding hydrogens is 349 g/mol. The lowest BCUT2D eigenvalue weighted by Gasteiger charge is -2.26. The van der Waals surface area contributed by atoms with Crippen LogP contribution in [-0.2, 0) is 22.6 Å². The van der Waals surface area contributed by atoms with Crippen molar-refractivity contribution in [1.82, 2.24) is 15.1 Å². The van der Waals surface area contributed by atoms with Crippen molar-refractivity contribution in [3.8, 4) is 0 Å². The van der Waals surface area contributed by atoms with Gasteiger partial charge in [0.15, 0.2) is 0 Å². The second-order valence-corrected chi connectivity index (χ2v) is 6.20. The molecule has 9 heteroatoms. The lowest BCUT2D eigenvalue weighted by atomic mass is 10.0. The highest BCUT2D eigenvalue weighted by Crippen LogP contribution is 2.30. The average Bonchev–Trinajstić information content (AvgIpc) is 3.04. The summed E-state index contributed by atoms with van der Waals surface area (Å²) in [5, 5.41) is 10.5. The Balaban J connectivity index is 1.90. The van der Waals surface area contributed by atoms with E-state index in [4.69, 9.17) is 4.74 Å². The topological polar surface area (TPSA) is 68.2 Å². The normalized spacial score (nSPS) is 16.0. The van der Waals surface area contributed by atoms with E-state index >= 15 is 0 Å². The molecule has 0 atom stereocenters. The zero-order chi connectivity index (χ0) is 18.7. The number of fused-ring (bicyclic) bond motifs is 1. The highest BCUT2D eigenvalue weighted by Gasteiger charge is 2.38. The second kappa shape index (κ2) is 7.53. The fourth-order valence-electron chi connectivity index (χ4n) is 3.09. The molecule has 0 radical (unpaired) electrons. The van der Waals surface area contributed by atoms with Crippen LogP contribution in [0.2, 0.25) is 0 Å². The number of carbonyl (C=O) groups is 1. The van der Waals surface area contributed by atoms with E-state index in [9.17, 15) is 18.0 Å². The molecule has 2 N–H and O–H groups in total. The maximum absolute atomic E-state index is 12.5. The average molecular weight is 370 g/mol. The third-order valence-corrected chi connectivity index (χ3v) is 4.48. The number of anilines is 1. The molecule has 0 saturated carbocycles. The fourth-order valence-corrected chi connectivity index (χ4v) is 3.09. The van der Waals surface area contributed by atoms with Gasteiger partial charge >= 0.3 is 12.1 Å². The molecule has 0 unspecified atom stereocenters. The molecule has 2 heterocycles. The van der Waals surface area contributed by atoms with Crippen molar-refractivity contribution in [3.63, 3.8) is 0 Å².